The Morgan fingerprint density at radius 1 is 0.971 bits per heavy atom. The molecule has 3 aromatic rings. The number of ether oxygens (including phenoxy) is 2. The lowest BCUT2D eigenvalue weighted by Gasteiger charge is -2.26. The van der Waals surface area contributed by atoms with Gasteiger partial charge in [-0.05, 0) is 60.9 Å². The monoisotopic (exact) mass is 491 g/mol. The number of methoxy groups -OCH3 is 1. The van der Waals surface area contributed by atoms with E-state index in [9.17, 15) is 14.7 Å². The maximum atomic E-state index is 13.3. The number of aryl methyl sites for hydroxylation is 1. The number of Topliss-reactive ketones (excluding diaryl/α,β-unsaturated/α-hetero) is 1. The topological polar surface area (TPSA) is 76.1 Å². The van der Waals surface area contributed by atoms with Crippen molar-refractivity contribution in [3.63, 3.8) is 0 Å². The number of hydrogen-bond acceptors (Lipinski definition) is 5. The summed E-state index contributed by atoms with van der Waals surface area (Å²) in [6, 6.07) is 18.2. The number of rotatable bonds is 7. The second kappa shape index (κ2) is 10.2. The molecule has 1 atom stereocenters. The molecule has 0 saturated carbocycles. The molecule has 1 fully saturated rings. The van der Waals surface area contributed by atoms with Crippen LogP contribution in [0.3, 0.4) is 0 Å². The van der Waals surface area contributed by atoms with Crippen LogP contribution in [-0.4, -0.2) is 30.5 Å². The molecule has 180 valence electrons. The van der Waals surface area contributed by atoms with E-state index in [0.29, 0.717) is 39.9 Å². The van der Waals surface area contributed by atoms with Crippen molar-refractivity contribution in [3.05, 3.63) is 94.0 Å². The van der Waals surface area contributed by atoms with Gasteiger partial charge in [-0.2, -0.15) is 0 Å². The zero-order valence-corrected chi connectivity index (χ0v) is 20.5. The van der Waals surface area contributed by atoms with Crippen LogP contribution in [0, 0.1) is 0 Å². The SMILES string of the molecule is CCOc1cc(C2/C(=C(/O)c3ccc(CC)cc3)C(=O)C(=O)N2c2ccc(Cl)cc2)ccc1OC. The normalized spacial score (nSPS) is 17.0. The quantitative estimate of drug-likeness (QED) is 0.251. The molecule has 0 bridgehead atoms. The number of halogens is 1. The second-order valence-corrected chi connectivity index (χ2v) is 8.48. The number of nitrogens with zero attached hydrogens (tertiary/aromatic N) is 1. The molecule has 35 heavy (non-hydrogen) atoms. The van der Waals surface area contributed by atoms with E-state index in [1.807, 2.05) is 26.0 Å². The van der Waals surface area contributed by atoms with E-state index >= 15 is 0 Å². The Hall–Kier alpha value is -3.77. The van der Waals surface area contributed by atoms with Gasteiger partial charge in [0.2, 0.25) is 0 Å². The van der Waals surface area contributed by atoms with Gasteiger partial charge in [0.1, 0.15) is 5.76 Å². The van der Waals surface area contributed by atoms with Crippen LogP contribution in [0.4, 0.5) is 5.69 Å². The highest BCUT2D eigenvalue weighted by atomic mass is 35.5. The maximum absolute atomic E-state index is 13.3. The number of aliphatic hydroxyl groups excluding tert-OH is 1. The third kappa shape index (κ3) is 4.62. The minimum atomic E-state index is -0.882. The van der Waals surface area contributed by atoms with Gasteiger partial charge in [0.25, 0.3) is 11.7 Å². The molecule has 1 aliphatic heterocycles. The summed E-state index contributed by atoms with van der Waals surface area (Å²) in [5, 5.41) is 11.8. The Balaban J connectivity index is 1.93. The predicted octanol–water partition coefficient (Wildman–Crippen LogP) is 5.94. The van der Waals surface area contributed by atoms with Crippen molar-refractivity contribution < 1.29 is 24.2 Å². The predicted molar refractivity (Wildman–Crippen MR) is 136 cm³/mol. The Morgan fingerprint density at radius 3 is 2.26 bits per heavy atom. The molecular weight excluding hydrogens is 466 g/mol. The Bertz CT molecular complexity index is 1280. The standard InChI is InChI=1S/C28H26ClNO5/c1-4-17-6-8-18(9-7-17)26(31)24-25(19-10-15-22(34-3)23(16-19)35-5-2)30(28(33)27(24)32)21-13-11-20(29)12-14-21/h6-16,25,31H,4-5H2,1-3H3/b26-24-. The summed E-state index contributed by atoms with van der Waals surface area (Å²) in [6.07, 6.45) is 0.841. The fraction of sp³-hybridized carbons (Fsp3) is 0.214. The molecule has 3 aromatic carbocycles. The average Bonchev–Trinajstić information content (AvgIpc) is 3.14. The lowest BCUT2D eigenvalue weighted by molar-refractivity contribution is -0.132. The van der Waals surface area contributed by atoms with Crippen LogP contribution in [-0.2, 0) is 16.0 Å². The zero-order chi connectivity index (χ0) is 25.1. The lowest BCUT2D eigenvalue weighted by Crippen LogP contribution is -2.29. The number of hydrogen-bond donors (Lipinski definition) is 1. The molecule has 6 nitrogen and oxygen atoms in total. The van der Waals surface area contributed by atoms with E-state index < -0.39 is 17.7 Å². The fourth-order valence-electron chi connectivity index (χ4n) is 4.20. The molecule has 0 aliphatic carbocycles. The van der Waals surface area contributed by atoms with E-state index in [1.54, 1.807) is 54.6 Å². The maximum Gasteiger partial charge on any atom is 0.300 e. The molecule has 1 unspecified atom stereocenters. The highest BCUT2D eigenvalue weighted by molar-refractivity contribution is 6.51. The van der Waals surface area contributed by atoms with Crippen molar-refractivity contribution >= 4 is 34.7 Å². The van der Waals surface area contributed by atoms with Crippen molar-refractivity contribution in [2.24, 2.45) is 0 Å². The number of carbonyl (C=O) groups is 2. The van der Waals surface area contributed by atoms with Crippen LogP contribution >= 0.6 is 11.6 Å². The van der Waals surface area contributed by atoms with Crippen molar-refractivity contribution in [2.75, 3.05) is 18.6 Å². The number of aliphatic hydroxyl groups is 1. The largest absolute Gasteiger partial charge is 0.507 e. The Morgan fingerprint density at radius 2 is 1.66 bits per heavy atom. The number of ketones is 1. The van der Waals surface area contributed by atoms with Gasteiger partial charge in [0.15, 0.2) is 11.5 Å². The van der Waals surface area contributed by atoms with Gasteiger partial charge in [0, 0.05) is 16.3 Å². The average molecular weight is 492 g/mol. The first-order valence-electron chi connectivity index (χ1n) is 11.4. The molecule has 0 radical (unpaired) electrons. The van der Waals surface area contributed by atoms with Crippen LogP contribution in [0.2, 0.25) is 5.02 Å². The van der Waals surface area contributed by atoms with E-state index in [1.165, 1.54) is 12.0 Å². The molecule has 7 heteroatoms. The van der Waals surface area contributed by atoms with Gasteiger partial charge in [-0.3, -0.25) is 14.5 Å². The molecule has 1 heterocycles. The van der Waals surface area contributed by atoms with Gasteiger partial charge in [-0.15, -0.1) is 0 Å². The van der Waals surface area contributed by atoms with Crippen LogP contribution in [0.1, 0.15) is 36.6 Å². The van der Waals surface area contributed by atoms with Crippen LogP contribution in [0.5, 0.6) is 11.5 Å². The fourth-order valence-corrected chi connectivity index (χ4v) is 4.33. The smallest absolute Gasteiger partial charge is 0.300 e. The summed E-state index contributed by atoms with van der Waals surface area (Å²) in [6.45, 7) is 4.29. The van der Waals surface area contributed by atoms with Crippen LogP contribution < -0.4 is 14.4 Å². The third-order valence-electron chi connectivity index (χ3n) is 5.99. The first-order valence-corrected chi connectivity index (χ1v) is 11.7. The number of carbonyl (C=O) groups excluding carboxylic acids is 2. The molecule has 0 spiro atoms. The second-order valence-electron chi connectivity index (χ2n) is 8.04. The van der Waals surface area contributed by atoms with Crippen LogP contribution in [0.25, 0.3) is 5.76 Å². The first kappa shape index (κ1) is 24.4. The molecule has 1 aliphatic rings. The Kier molecular flexibility index (Phi) is 7.12. The minimum Gasteiger partial charge on any atom is -0.507 e. The molecule has 1 saturated heterocycles. The van der Waals surface area contributed by atoms with E-state index in [2.05, 4.69) is 0 Å². The van der Waals surface area contributed by atoms with Gasteiger partial charge < -0.3 is 14.6 Å². The third-order valence-corrected chi connectivity index (χ3v) is 6.24. The summed E-state index contributed by atoms with van der Waals surface area (Å²) < 4.78 is 11.1. The van der Waals surface area contributed by atoms with Gasteiger partial charge >= 0.3 is 0 Å². The van der Waals surface area contributed by atoms with Gasteiger partial charge in [0.05, 0.1) is 25.3 Å². The highest BCUT2D eigenvalue weighted by Gasteiger charge is 2.47. The van der Waals surface area contributed by atoms with Crippen LogP contribution in [0.15, 0.2) is 72.3 Å². The number of benzene rings is 3. The molecule has 1 N–H and O–H groups in total. The van der Waals surface area contributed by atoms with E-state index in [0.717, 1.165) is 12.0 Å². The van der Waals surface area contributed by atoms with Crippen molar-refractivity contribution in [1.82, 2.24) is 0 Å². The molecule has 4 rings (SSSR count). The number of amides is 1. The zero-order valence-electron chi connectivity index (χ0n) is 19.7. The molecule has 0 aromatic heterocycles. The van der Waals surface area contributed by atoms with Gasteiger partial charge in [-0.1, -0.05) is 48.9 Å². The lowest BCUT2D eigenvalue weighted by atomic mass is 9.94. The van der Waals surface area contributed by atoms with Crippen molar-refractivity contribution in [1.29, 1.82) is 0 Å². The summed E-state index contributed by atoms with van der Waals surface area (Å²) in [4.78, 5) is 28.0. The summed E-state index contributed by atoms with van der Waals surface area (Å²) in [5.74, 6) is -0.745. The molecule has 1 amide bonds. The summed E-state index contributed by atoms with van der Waals surface area (Å²) in [7, 11) is 1.54. The van der Waals surface area contributed by atoms with E-state index in [4.69, 9.17) is 21.1 Å². The summed E-state index contributed by atoms with van der Waals surface area (Å²) in [5.41, 5.74) is 2.63. The minimum absolute atomic E-state index is 0.00168. The first-order chi connectivity index (χ1) is 16.9. The highest BCUT2D eigenvalue weighted by Crippen LogP contribution is 2.44. The Labute approximate surface area is 209 Å². The van der Waals surface area contributed by atoms with Crippen molar-refractivity contribution in [3.8, 4) is 11.5 Å². The van der Waals surface area contributed by atoms with E-state index in [-0.39, 0.29) is 11.3 Å². The number of anilines is 1. The molecular formula is C28H26ClNO5. The van der Waals surface area contributed by atoms with Gasteiger partial charge in [-0.25, -0.2) is 0 Å². The van der Waals surface area contributed by atoms with Crippen molar-refractivity contribution in [2.45, 2.75) is 26.3 Å². The summed E-state index contributed by atoms with van der Waals surface area (Å²) >= 11 is 6.06.